The Morgan fingerprint density at radius 1 is 1.23 bits per heavy atom. The highest BCUT2D eigenvalue weighted by Gasteiger charge is 2.48. The van der Waals surface area contributed by atoms with Crippen LogP contribution in [0.4, 0.5) is 5.69 Å². The van der Waals surface area contributed by atoms with Crippen molar-refractivity contribution in [2.75, 3.05) is 5.32 Å². The number of rotatable bonds is 3. The fourth-order valence-electron chi connectivity index (χ4n) is 4.31. The van der Waals surface area contributed by atoms with E-state index in [1.165, 1.54) is 0 Å². The number of hydrogen-bond acceptors (Lipinski definition) is 2. The lowest BCUT2D eigenvalue weighted by atomic mass is 9.79. The lowest BCUT2D eigenvalue weighted by Crippen LogP contribution is -2.30. The molecule has 0 atom stereocenters. The highest BCUT2D eigenvalue weighted by molar-refractivity contribution is 6.07. The van der Waals surface area contributed by atoms with Crippen molar-refractivity contribution < 1.29 is 4.79 Å². The SMILES string of the molecule is Cc1ccc(C(N)=NC=N)cc1-c1ccc2c(c1)NC(=O)C21CCCC1. The van der Waals surface area contributed by atoms with Gasteiger partial charge in [-0.25, -0.2) is 4.99 Å². The van der Waals surface area contributed by atoms with Crippen LogP contribution in [0.15, 0.2) is 41.4 Å². The first kappa shape index (κ1) is 16.5. The van der Waals surface area contributed by atoms with Gasteiger partial charge in [-0.2, -0.15) is 0 Å². The van der Waals surface area contributed by atoms with E-state index in [1.807, 2.05) is 25.1 Å². The van der Waals surface area contributed by atoms with Crippen molar-refractivity contribution in [3.8, 4) is 11.1 Å². The van der Waals surface area contributed by atoms with E-state index in [0.717, 1.165) is 65.5 Å². The topological polar surface area (TPSA) is 91.3 Å². The summed E-state index contributed by atoms with van der Waals surface area (Å²) >= 11 is 0. The minimum Gasteiger partial charge on any atom is -0.383 e. The Balaban J connectivity index is 1.78. The zero-order valence-corrected chi connectivity index (χ0v) is 14.8. The molecule has 132 valence electrons. The van der Waals surface area contributed by atoms with Gasteiger partial charge in [0.1, 0.15) is 12.2 Å². The summed E-state index contributed by atoms with van der Waals surface area (Å²) in [6, 6.07) is 12.2. The second-order valence-corrected chi connectivity index (χ2v) is 7.18. The molecule has 26 heavy (non-hydrogen) atoms. The summed E-state index contributed by atoms with van der Waals surface area (Å²) in [5, 5.41) is 10.2. The number of aryl methyl sites for hydroxylation is 1. The Labute approximate surface area is 152 Å². The molecule has 1 fully saturated rings. The van der Waals surface area contributed by atoms with Crippen molar-refractivity contribution >= 4 is 23.8 Å². The van der Waals surface area contributed by atoms with Gasteiger partial charge in [0.2, 0.25) is 5.91 Å². The number of amidine groups is 1. The predicted molar refractivity (Wildman–Crippen MR) is 105 cm³/mol. The Kier molecular flexibility index (Phi) is 3.87. The summed E-state index contributed by atoms with van der Waals surface area (Å²) in [6.07, 6.45) is 5.05. The number of carbonyl (C=O) groups excluding carboxylic acids is 1. The number of nitrogens with two attached hydrogens (primary N) is 1. The molecule has 0 bridgehead atoms. The van der Waals surface area contributed by atoms with Gasteiger partial charge in [0.15, 0.2) is 0 Å². The van der Waals surface area contributed by atoms with E-state index >= 15 is 0 Å². The van der Waals surface area contributed by atoms with Crippen LogP contribution in [0.25, 0.3) is 11.1 Å². The molecule has 0 saturated heterocycles. The molecule has 0 radical (unpaired) electrons. The van der Waals surface area contributed by atoms with Crippen LogP contribution in [0, 0.1) is 12.3 Å². The van der Waals surface area contributed by atoms with Crippen molar-refractivity contribution in [1.29, 1.82) is 5.41 Å². The third kappa shape index (κ3) is 2.43. The van der Waals surface area contributed by atoms with Gasteiger partial charge >= 0.3 is 0 Å². The number of aliphatic imine (C=N–C) groups is 1. The number of amides is 1. The highest BCUT2D eigenvalue weighted by Crippen LogP contribution is 2.49. The fraction of sp³-hybridized carbons (Fsp3) is 0.286. The summed E-state index contributed by atoms with van der Waals surface area (Å²) < 4.78 is 0. The summed E-state index contributed by atoms with van der Waals surface area (Å²) in [5.41, 5.74) is 11.7. The Morgan fingerprint density at radius 2 is 2.00 bits per heavy atom. The molecule has 2 aromatic carbocycles. The summed E-state index contributed by atoms with van der Waals surface area (Å²) in [5.74, 6) is 0.468. The monoisotopic (exact) mass is 346 g/mol. The molecule has 0 unspecified atom stereocenters. The van der Waals surface area contributed by atoms with E-state index in [9.17, 15) is 4.79 Å². The van der Waals surface area contributed by atoms with Gasteiger partial charge in [-0.3, -0.25) is 10.2 Å². The van der Waals surface area contributed by atoms with E-state index in [0.29, 0.717) is 5.84 Å². The fourth-order valence-corrected chi connectivity index (χ4v) is 4.31. The van der Waals surface area contributed by atoms with Crippen LogP contribution < -0.4 is 11.1 Å². The molecule has 0 aromatic heterocycles. The van der Waals surface area contributed by atoms with Crippen LogP contribution in [0.3, 0.4) is 0 Å². The first-order valence-corrected chi connectivity index (χ1v) is 8.95. The third-order valence-electron chi connectivity index (χ3n) is 5.72. The number of benzene rings is 2. The van der Waals surface area contributed by atoms with Crippen LogP contribution in [0.5, 0.6) is 0 Å². The minimum absolute atomic E-state index is 0.148. The van der Waals surface area contributed by atoms with Gasteiger partial charge < -0.3 is 11.1 Å². The molecule has 1 heterocycles. The molecule has 1 aliphatic carbocycles. The van der Waals surface area contributed by atoms with Crippen molar-refractivity contribution in [3.63, 3.8) is 0 Å². The molecule has 1 saturated carbocycles. The molecular formula is C21H22N4O. The summed E-state index contributed by atoms with van der Waals surface area (Å²) in [4.78, 5) is 16.5. The molecule has 5 nitrogen and oxygen atoms in total. The molecule has 4 N–H and O–H groups in total. The number of anilines is 1. The maximum Gasteiger partial charge on any atom is 0.235 e. The van der Waals surface area contributed by atoms with Crippen molar-refractivity contribution in [2.45, 2.75) is 38.0 Å². The molecule has 5 heteroatoms. The van der Waals surface area contributed by atoms with Crippen molar-refractivity contribution in [2.24, 2.45) is 10.7 Å². The van der Waals surface area contributed by atoms with Gasteiger partial charge in [0.05, 0.1) is 5.41 Å². The molecule has 2 aliphatic rings. The zero-order chi connectivity index (χ0) is 18.3. The molecule has 1 aliphatic heterocycles. The number of fused-ring (bicyclic) bond motifs is 2. The van der Waals surface area contributed by atoms with E-state index in [1.54, 1.807) is 0 Å². The third-order valence-corrected chi connectivity index (χ3v) is 5.72. The van der Waals surface area contributed by atoms with Crippen molar-refractivity contribution in [3.05, 3.63) is 53.1 Å². The average Bonchev–Trinajstić information content (AvgIpc) is 3.22. The lowest BCUT2D eigenvalue weighted by molar-refractivity contribution is -0.120. The van der Waals surface area contributed by atoms with E-state index in [2.05, 4.69) is 28.5 Å². The quantitative estimate of drug-likeness (QED) is 0.583. The predicted octanol–water partition coefficient (Wildman–Crippen LogP) is 3.74. The van der Waals surface area contributed by atoms with Gasteiger partial charge in [-0.1, -0.05) is 37.1 Å². The van der Waals surface area contributed by atoms with Gasteiger partial charge in [0, 0.05) is 11.3 Å². The zero-order valence-electron chi connectivity index (χ0n) is 14.8. The minimum atomic E-state index is -0.314. The molecule has 1 spiro atoms. The number of carbonyl (C=O) groups is 1. The Hall–Kier alpha value is -2.95. The number of hydrogen-bond donors (Lipinski definition) is 3. The van der Waals surface area contributed by atoms with Gasteiger partial charge in [-0.15, -0.1) is 0 Å². The summed E-state index contributed by atoms with van der Waals surface area (Å²) in [7, 11) is 0. The van der Waals surface area contributed by atoms with E-state index < -0.39 is 0 Å². The lowest BCUT2D eigenvalue weighted by Gasteiger charge is -2.20. The van der Waals surface area contributed by atoms with Crippen LogP contribution in [-0.4, -0.2) is 18.1 Å². The van der Waals surface area contributed by atoms with Gasteiger partial charge in [-0.05, 0) is 54.2 Å². The second-order valence-electron chi connectivity index (χ2n) is 7.18. The summed E-state index contributed by atoms with van der Waals surface area (Å²) in [6.45, 7) is 2.05. The average molecular weight is 346 g/mol. The molecule has 1 amide bonds. The maximum atomic E-state index is 12.6. The highest BCUT2D eigenvalue weighted by atomic mass is 16.2. The molecule has 2 aromatic rings. The maximum absolute atomic E-state index is 12.6. The largest absolute Gasteiger partial charge is 0.383 e. The number of nitrogens with zero attached hydrogens (tertiary/aromatic N) is 1. The van der Waals surface area contributed by atoms with Crippen molar-refractivity contribution in [1.82, 2.24) is 0 Å². The smallest absolute Gasteiger partial charge is 0.235 e. The van der Waals surface area contributed by atoms with Crippen LogP contribution in [0.1, 0.15) is 42.4 Å². The van der Waals surface area contributed by atoms with Crippen LogP contribution >= 0.6 is 0 Å². The Morgan fingerprint density at radius 3 is 2.73 bits per heavy atom. The van der Waals surface area contributed by atoms with Crippen LogP contribution in [-0.2, 0) is 10.2 Å². The first-order valence-electron chi connectivity index (χ1n) is 8.95. The Bertz CT molecular complexity index is 939. The molecule has 4 rings (SSSR count). The molecular weight excluding hydrogens is 324 g/mol. The second kappa shape index (κ2) is 6.09. The van der Waals surface area contributed by atoms with E-state index in [-0.39, 0.29) is 11.3 Å². The first-order chi connectivity index (χ1) is 12.5. The number of nitrogens with one attached hydrogen (secondary N) is 2. The van der Waals surface area contributed by atoms with E-state index in [4.69, 9.17) is 11.1 Å². The van der Waals surface area contributed by atoms with Gasteiger partial charge in [0.25, 0.3) is 0 Å². The normalized spacial score (nSPS) is 18.0. The van der Waals surface area contributed by atoms with Crippen LogP contribution in [0.2, 0.25) is 0 Å². The standard InChI is InChI=1S/C21H22N4O/c1-13-4-5-15(19(23)24-12-22)10-16(13)14-6-7-17-18(11-14)25-20(26)21(17)8-2-3-9-21/h4-7,10-12H,2-3,8-9H2,1H3,(H,25,26)(H3,22,23,24).